The molecule has 0 aromatic rings. The van der Waals surface area contributed by atoms with Crippen molar-refractivity contribution < 1.29 is 4.79 Å². The quantitative estimate of drug-likeness (QED) is 0.480. The second-order valence-corrected chi connectivity index (χ2v) is 2.23. The van der Waals surface area contributed by atoms with E-state index in [2.05, 4.69) is 0 Å². The Bertz CT molecular complexity index is 209. The van der Waals surface area contributed by atoms with Crippen LogP contribution < -0.4 is 0 Å². The standard InChI is InChI=1S/C7H7NO/c1-5-2-3-6(4-8)7(5)9/h3,5H,2H2,1H3. The van der Waals surface area contributed by atoms with Gasteiger partial charge >= 0.3 is 0 Å². The molecule has 0 radical (unpaired) electrons. The highest BCUT2D eigenvalue weighted by atomic mass is 16.1. The zero-order valence-electron chi connectivity index (χ0n) is 5.22. The number of carbonyl (C=O) groups excluding carboxylic acids is 1. The van der Waals surface area contributed by atoms with Crippen LogP contribution in [0.2, 0.25) is 0 Å². The maximum Gasteiger partial charge on any atom is 0.176 e. The summed E-state index contributed by atoms with van der Waals surface area (Å²) >= 11 is 0. The SMILES string of the molecule is CC1CC=C(C#N)C1=O. The molecule has 0 N–H and O–H groups in total. The number of carbonyl (C=O) groups is 1. The van der Waals surface area contributed by atoms with E-state index in [4.69, 9.17) is 5.26 Å². The van der Waals surface area contributed by atoms with Crippen molar-refractivity contribution in [3.63, 3.8) is 0 Å². The Hall–Kier alpha value is -1.10. The van der Waals surface area contributed by atoms with Crippen molar-refractivity contribution in [1.29, 1.82) is 5.26 Å². The predicted molar refractivity (Wildman–Crippen MR) is 32.5 cm³/mol. The maximum atomic E-state index is 10.8. The van der Waals surface area contributed by atoms with Crippen molar-refractivity contribution in [2.24, 2.45) is 5.92 Å². The maximum absolute atomic E-state index is 10.8. The molecule has 0 aliphatic heterocycles. The van der Waals surface area contributed by atoms with Crippen LogP contribution >= 0.6 is 0 Å². The van der Waals surface area contributed by atoms with E-state index in [1.54, 1.807) is 6.08 Å². The molecule has 1 atom stereocenters. The zero-order chi connectivity index (χ0) is 6.85. The number of nitriles is 1. The van der Waals surface area contributed by atoms with Crippen LogP contribution in [0.25, 0.3) is 0 Å². The lowest BCUT2D eigenvalue weighted by Gasteiger charge is -1.93. The van der Waals surface area contributed by atoms with Crippen molar-refractivity contribution in [2.45, 2.75) is 13.3 Å². The average Bonchev–Trinajstić information content (AvgIpc) is 2.15. The van der Waals surface area contributed by atoms with E-state index in [-0.39, 0.29) is 11.7 Å². The van der Waals surface area contributed by atoms with Gasteiger partial charge in [0.1, 0.15) is 6.07 Å². The van der Waals surface area contributed by atoms with E-state index in [1.165, 1.54) is 0 Å². The van der Waals surface area contributed by atoms with Gasteiger partial charge in [0.2, 0.25) is 0 Å². The van der Waals surface area contributed by atoms with Crippen LogP contribution in [0.3, 0.4) is 0 Å². The minimum absolute atomic E-state index is 0.00231. The Balaban J connectivity index is 2.82. The van der Waals surface area contributed by atoms with E-state index in [9.17, 15) is 4.79 Å². The normalized spacial score (nSPS) is 25.6. The average molecular weight is 121 g/mol. The van der Waals surface area contributed by atoms with Crippen LogP contribution in [-0.4, -0.2) is 5.78 Å². The molecule has 0 saturated heterocycles. The second kappa shape index (κ2) is 2.02. The van der Waals surface area contributed by atoms with Gasteiger partial charge in [-0.15, -0.1) is 0 Å². The lowest BCUT2D eigenvalue weighted by Crippen LogP contribution is -2.04. The molecule has 0 aromatic carbocycles. The fourth-order valence-corrected chi connectivity index (χ4v) is 0.868. The molecule has 0 spiro atoms. The number of hydrogen-bond acceptors (Lipinski definition) is 2. The number of ketones is 1. The molecule has 1 rings (SSSR count). The third kappa shape index (κ3) is 0.857. The first-order valence-electron chi connectivity index (χ1n) is 2.90. The molecule has 1 aliphatic carbocycles. The zero-order valence-corrected chi connectivity index (χ0v) is 5.22. The first kappa shape index (κ1) is 6.03. The van der Waals surface area contributed by atoms with Gasteiger partial charge in [-0.2, -0.15) is 5.26 Å². The minimum atomic E-state index is -0.00231. The third-order valence-electron chi connectivity index (χ3n) is 1.51. The van der Waals surface area contributed by atoms with E-state index in [0.717, 1.165) is 6.42 Å². The summed E-state index contributed by atoms with van der Waals surface area (Å²) in [6.07, 6.45) is 2.44. The van der Waals surface area contributed by atoms with Gasteiger partial charge < -0.3 is 0 Å². The van der Waals surface area contributed by atoms with Gasteiger partial charge in [-0.25, -0.2) is 0 Å². The Morgan fingerprint density at radius 1 is 1.89 bits per heavy atom. The van der Waals surface area contributed by atoms with Crippen LogP contribution in [0.5, 0.6) is 0 Å². The van der Waals surface area contributed by atoms with Crippen molar-refractivity contribution in [1.82, 2.24) is 0 Å². The summed E-state index contributed by atoms with van der Waals surface area (Å²) in [5.74, 6) is 0.0390. The second-order valence-electron chi connectivity index (χ2n) is 2.23. The van der Waals surface area contributed by atoms with Crippen molar-refractivity contribution >= 4 is 5.78 Å². The van der Waals surface area contributed by atoms with Gasteiger partial charge in [0.05, 0.1) is 5.57 Å². The van der Waals surface area contributed by atoms with E-state index < -0.39 is 0 Å². The van der Waals surface area contributed by atoms with Crippen molar-refractivity contribution in [3.8, 4) is 6.07 Å². The van der Waals surface area contributed by atoms with Crippen LogP contribution in [0.1, 0.15) is 13.3 Å². The predicted octanol–water partition coefficient (Wildman–Crippen LogP) is 1.05. The van der Waals surface area contributed by atoms with Gasteiger partial charge in [-0.1, -0.05) is 13.0 Å². The molecule has 2 nitrogen and oxygen atoms in total. The van der Waals surface area contributed by atoms with E-state index >= 15 is 0 Å². The highest BCUT2D eigenvalue weighted by molar-refractivity contribution is 6.02. The first-order valence-corrected chi connectivity index (χ1v) is 2.90. The van der Waals surface area contributed by atoms with E-state index in [0.29, 0.717) is 5.57 Å². The highest BCUT2D eigenvalue weighted by Crippen LogP contribution is 2.18. The topological polar surface area (TPSA) is 40.9 Å². The summed E-state index contributed by atoms with van der Waals surface area (Å²) in [7, 11) is 0. The molecular formula is C7H7NO. The Labute approximate surface area is 53.8 Å². The van der Waals surface area contributed by atoms with Gasteiger partial charge in [-0.3, -0.25) is 4.79 Å². The first-order chi connectivity index (χ1) is 4.25. The summed E-state index contributed by atoms with van der Waals surface area (Å²) in [5.41, 5.74) is 0.336. The minimum Gasteiger partial charge on any atom is -0.293 e. The Morgan fingerprint density at radius 3 is 2.78 bits per heavy atom. The summed E-state index contributed by atoms with van der Waals surface area (Å²) in [6, 6.07) is 1.86. The van der Waals surface area contributed by atoms with Gasteiger partial charge in [0.15, 0.2) is 5.78 Å². The molecule has 46 valence electrons. The fourth-order valence-electron chi connectivity index (χ4n) is 0.868. The summed E-state index contributed by atoms with van der Waals surface area (Å²) in [5, 5.41) is 8.32. The van der Waals surface area contributed by atoms with Crippen LogP contribution in [0, 0.1) is 17.2 Å². The Morgan fingerprint density at radius 2 is 2.56 bits per heavy atom. The molecule has 0 amide bonds. The van der Waals surface area contributed by atoms with Crippen molar-refractivity contribution in [2.75, 3.05) is 0 Å². The number of allylic oxidation sites excluding steroid dienone is 2. The monoisotopic (exact) mass is 121 g/mol. The summed E-state index contributed by atoms with van der Waals surface area (Å²) in [6.45, 7) is 1.84. The molecule has 1 aliphatic rings. The van der Waals surface area contributed by atoms with Crippen LogP contribution in [0.15, 0.2) is 11.6 Å². The highest BCUT2D eigenvalue weighted by Gasteiger charge is 2.22. The molecule has 0 bridgehead atoms. The molecule has 0 aromatic heterocycles. The van der Waals surface area contributed by atoms with Gasteiger partial charge in [0, 0.05) is 5.92 Å². The molecule has 2 heteroatoms. The number of Topliss-reactive ketones (excluding diaryl/α,β-unsaturated/α-hetero) is 1. The Kier molecular flexibility index (Phi) is 1.35. The summed E-state index contributed by atoms with van der Waals surface area (Å²) in [4.78, 5) is 10.8. The summed E-state index contributed by atoms with van der Waals surface area (Å²) < 4.78 is 0. The number of hydrogen-bond donors (Lipinski definition) is 0. The number of nitrogens with zero attached hydrogens (tertiary/aromatic N) is 1. The molecule has 1 unspecified atom stereocenters. The molecule has 0 fully saturated rings. The number of rotatable bonds is 0. The molecular weight excluding hydrogens is 114 g/mol. The molecule has 0 heterocycles. The smallest absolute Gasteiger partial charge is 0.176 e. The largest absolute Gasteiger partial charge is 0.293 e. The molecule has 0 saturated carbocycles. The fraction of sp³-hybridized carbons (Fsp3) is 0.429. The van der Waals surface area contributed by atoms with Crippen LogP contribution in [0.4, 0.5) is 0 Å². The van der Waals surface area contributed by atoms with Crippen molar-refractivity contribution in [3.05, 3.63) is 11.6 Å². The van der Waals surface area contributed by atoms with Gasteiger partial charge in [0.25, 0.3) is 0 Å². The third-order valence-corrected chi connectivity index (χ3v) is 1.51. The lowest BCUT2D eigenvalue weighted by atomic mass is 10.1. The van der Waals surface area contributed by atoms with Gasteiger partial charge in [-0.05, 0) is 6.42 Å². The van der Waals surface area contributed by atoms with E-state index in [1.807, 2.05) is 13.0 Å². The lowest BCUT2D eigenvalue weighted by molar-refractivity contribution is -0.117. The van der Waals surface area contributed by atoms with Crippen LogP contribution in [-0.2, 0) is 4.79 Å². The molecule has 9 heavy (non-hydrogen) atoms.